The number of hydrogen-bond donors (Lipinski definition) is 3. The summed E-state index contributed by atoms with van der Waals surface area (Å²) < 4.78 is 5.41. The second-order valence-corrected chi connectivity index (χ2v) is 13.6. The van der Waals surface area contributed by atoms with Crippen LogP contribution in [-0.2, 0) is 29.4 Å². The number of likely N-dealkylation sites (tertiary alicyclic amines) is 1. The highest BCUT2D eigenvalue weighted by Gasteiger charge is 2.70. The number of nitrogens with one attached hydrogen (secondary N) is 1. The van der Waals surface area contributed by atoms with Gasteiger partial charge in [0.25, 0.3) is 11.8 Å². The Morgan fingerprint density at radius 1 is 0.959 bits per heavy atom. The third-order valence-corrected chi connectivity index (χ3v) is 11.0. The van der Waals surface area contributed by atoms with E-state index in [4.69, 9.17) is 27.9 Å². The summed E-state index contributed by atoms with van der Waals surface area (Å²) in [5, 5.41) is 21.1. The fraction of sp³-hybridized carbons (Fsp3) is 0.306. The van der Waals surface area contributed by atoms with Crippen LogP contribution in [0.25, 0.3) is 0 Å². The SMILES string of the molecule is COc1ccc([C@@]23C(=O)N(Nc4ccc(Cl)cc4Cl)C(=O)[C@@H]2C[C@@H]2C(=CC[C@@H]4C(=O)N(CCC(=O)O)C(=O)[C@@H]42)[C@@H]3c2ccc(O)cc2)cc1. The average Bonchev–Trinajstić information content (AvgIpc) is 3.45. The standard InChI is InChI=1S/C36H31Cl2N3O8/c1-49-22-9-4-19(5-10-22)36-26(33(46)41(35(36)48)39-28-13-6-20(37)16-27(28)38)17-25-23(31(36)18-2-7-21(42)8-3-18)11-12-24-30(25)34(47)40(32(24)45)15-14-29(43)44/h2-11,13,16,24-26,30-31,39,42H,12,14-15,17H2,1H3,(H,43,44)/t24-,25+,26-,30-,31-,36+/m0/s1. The number of phenols is 1. The molecule has 0 bridgehead atoms. The Morgan fingerprint density at radius 2 is 1.67 bits per heavy atom. The summed E-state index contributed by atoms with van der Waals surface area (Å²) in [5.74, 6) is -6.58. The van der Waals surface area contributed by atoms with Crippen LogP contribution >= 0.6 is 23.2 Å². The number of carboxylic acids is 1. The maximum absolute atomic E-state index is 15.2. The molecule has 0 aromatic heterocycles. The monoisotopic (exact) mass is 703 g/mol. The first kappa shape index (κ1) is 32.7. The number of nitrogens with zero attached hydrogens (tertiary/aromatic N) is 2. The lowest BCUT2D eigenvalue weighted by atomic mass is 9.49. The molecule has 11 nitrogen and oxygen atoms in total. The number of allylic oxidation sites excluding steroid dienone is 2. The molecule has 49 heavy (non-hydrogen) atoms. The van der Waals surface area contributed by atoms with Gasteiger partial charge >= 0.3 is 5.97 Å². The number of benzene rings is 3. The fourth-order valence-electron chi connectivity index (χ4n) is 8.38. The van der Waals surface area contributed by atoms with E-state index in [-0.39, 0.29) is 42.3 Å². The van der Waals surface area contributed by atoms with Gasteiger partial charge in [0.2, 0.25) is 11.8 Å². The normalized spacial score (nSPS) is 27.4. The number of aromatic hydroxyl groups is 1. The number of rotatable bonds is 8. The van der Waals surface area contributed by atoms with E-state index in [2.05, 4.69) is 5.43 Å². The van der Waals surface area contributed by atoms with Crippen molar-refractivity contribution in [3.8, 4) is 11.5 Å². The molecule has 0 unspecified atom stereocenters. The van der Waals surface area contributed by atoms with E-state index >= 15 is 4.79 Å². The van der Waals surface area contributed by atoms with Crippen molar-refractivity contribution in [2.24, 2.45) is 23.7 Å². The second-order valence-electron chi connectivity index (χ2n) is 12.8. The molecule has 3 N–H and O–H groups in total. The number of methoxy groups -OCH3 is 1. The number of amides is 4. The van der Waals surface area contributed by atoms with Gasteiger partial charge in [0, 0.05) is 17.5 Å². The minimum absolute atomic E-state index is 0.00369. The summed E-state index contributed by atoms with van der Waals surface area (Å²) in [6.07, 6.45) is 1.78. The summed E-state index contributed by atoms with van der Waals surface area (Å²) in [7, 11) is 1.52. The van der Waals surface area contributed by atoms with Gasteiger partial charge in [-0.1, -0.05) is 59.1 Å². The number of phenolic OH excluding ortho intramolecular Hbond substituents is 1. The van der Waals surface area contributed by atoms with Crippen LogP contribution in [0.3, 0.4) is 0 Å². The van der Waals surface area contributed by atoms with E-state index in [9.17, 15) is 29.4 Å². The molecule has 7 rings (SSSR count). The molecular weight excluding hydrogens is 673 g/mol. The number of hydrazine groups is 1. The first-order valence-corrected chi connectivity index (χ1v) is 16.5. The molecule has 1 saturated carbocycles. The molecule has 252 valence electrons. The molecule has 2 heterocycles. The van der Waals surface area contributed by atoms with Gasteiger partial charge in [-0.05, 0) is 72.4 Å². The average molecular weight is 705 g/mol. The van der Waals surface area contributed by atoms with Gasteiger partial charge in [-0.15, -0.1) is 0 Å². The smallest absolute Gasteiger partial charge is 0.305 e. The molecule has 4 aliphatic rings. The Kier molecular flexibility index (Phi) is 8.15. The van der Waals surface area contributed by atoms with Crippen LogP contribution in [0, 0.1) is 23.7 Å². The largest absolute Gasteiger partial charge is 0.508 e. The van der Waals surface area contributed by atoms with Crippen LogP contribution in [0.5, 0.6) is 11.5 Å². The number of carboxylic acid groups (broad SMARTS) is 1. The number of ether oxygens (including phenoxy) is 1. The molecule has 2 aliphatic carbocycles. The lowest BCUT2D eigenvalue weighted by Crippen LogP contribution is -2.53. The fourth-order valence-corrected chi connectivity index (χ4v) is 8.83. The maximum atomic E-state index is 15.2. The highest BCUT2D eigenvalue weighted by atomic mass is 35.5. The lowest BCUT2D eigenvalue weighted by molar-refractivity contribution is -0.143. The molecule has 2 aliphatic heterocycles. The predicted molar refractivity (Wildman–Crippen MR) is 178 cm³/mol. The molecule has 3 aromatic rings. The van der Waals surface area contributed by atoms with Crippen molar-refractivity contribution in [2.45, 2.75) is 30.6 Å². The molecule has 0 spiro atoms. The van der Waals surface area contributed by atoms with Crippen molar-refractivity contribution in [3.63, 3.8) is 0 Å². The minimum atomic E-state index is -1.53. The first-order valence-electron chi connectivity index (χ1n) is 15.8. The Morgan fingerprint density at radius 3 is 2.33 bits per heavy atom. The van der Waals surface area contributed by atoms with Gasteiger partial charge in [0.1, 0.15) is 11.5 Å². The summed E-state index contributed by atoms with van der Waals surface area (Å²) in [4.78, 5) is 69.7. The third-order valence-electron chi connectivity index (χ3n) is 10.4. The van der Waals surface area contributed by atoms with Gasteiger partial charge in [0.15, 0.2) is 0 Å². The van der Waals surface area contributed by atoms with Gasteiger partial charge in [-0.2, -0.15) is 5.01 Å². The molecular formula is C36H31Cl2N3O8. The number of anilines is 1. The molecule has 6 atom stereocenters. The number of halogens is 2. The van der Waals surface area contributed by atoms with Crippen molar-refractivity contribution in [1.82, 2.24) is 9.91 Å². The van der Waals surface area contributed by atoms with E-state index in [1.54, 1.807) is 48.5 Å². The number of fused-ring (bicyclic) bond motifs is 4. The van der Waals surface area contributed by atoms with E-state index in [0.717, 1.165) is 15.5 Å². The van der Waals surface area contributed by atoms with E-state index in [1.165, 1.54) is 25.3 Å². The zero-order valence-corrected chi connectivity index (χ0v) is 27.6. The van der Waals surface area contributed by atoms with Crippen molar-refractivity contribution >= 4 is 58.5 Å². The van der Waals surface area contributed by atoms with Crippen LogP contribution in [0.4, 0.5) is 5.69 Å². The van der Waals surface area contributed by atoms with Crippen molar-refractivity contribution in [1.29, 1.82) is 0 Å². The van der Waals surface area contributed by atoms with Crippen LogP contribution in [-0.4, -0.2) is 63.4 Å². The zero-order valence-electron chi connectivity index (χ0n) is 26.1. The Hall–Kier alpha value is -4.87. The minimum Gasteiger partial charge on any atom is -0.508 e. The van der Waals surface area contributed by atoms with Crippen molar-refractivity contribution in [3.05, 3.63) is 99.6 Å². The highest BCUT2D eigenvalue weighted by molar-refractivity contribution is 6.36. The number of imide groups is 2. The summed E-state index contributed by atoms with van der Waals surface area (Å²) in [6.45, 7) is -0.250. The summed E-state index contributed by atoms with van der Waals surface area (Å²) in [6, 6.07) is 18.0. The van der Waals surface area contributed by atoms with Crippen LogP contribution < -0.4 is 10.2 Å². The quantitative estimate of drug-likeness (QED) is 0.213. The molecule has 0 radical (unpaired) electrons. The Bertz CT molecular complexity index is 1930. The summed E-state index contributed by atoms with van der Waals surface area (Å²) >= 11 is 12.6. The third kappa shape index (κ3) is 5.06. The molecule has 4 amide bonds. The lowest BCUT2D eigenvalue weighted by Gasteiger charge is -2.50. The highest BCUT2D eigenvalue weighted by Crippen LogP contribution is 2.64. The van der Waals surface area contributed by atoms with Gasteiger partial charge in [0.05, 0.1) is 47.4 Å². The number of hydrogen-bond acceptors (Lipinski definition) is 8. The van der Waals surface area contributed by atoms with Gasteiger partial charge < -0.3 is 14.9 Å². The van der Waals surface area contributed by atoms with Gasteiger partial charge in [-0.25, -0.2) is 0 Å². The van der Waals surface area contributed by atoms with Crippen LogP contribution in [0.2, 0.25) is 10.0 Å². The first-order chi connectivity index (χ1) is 23.5. The topological polar surface area (TPSA) is 154 Å². The molecule has 2 saturated heterocycles. The summed E-state index contributed by atoms with van der Waals surface area (Å²) in [5.41, 5.74) is 3.58. The second kappa shape index (κ2) is 12.2. The van der Waals surface area contributed by atoms with E-state index < -0.39 is 64.6 Å². The zero-order chi connectivity index (χ0) is 34.8. The molecule has 13 heteroatoms. The van der Waals surface area contributed by atoms with Crippen LogP contribution in [0.15, 0.2) is 78.4 Å². The van der Waals surface area contributed by atoms with E-state index in [1.807, 2.05) is 6.08 Å². The molecule has 3 fully saturated rings. The number of aliphatic carboxylic acids is 1. The number of carbonyl (C=O) groups is 5. The maximum Gasteiger partial charge on any atom is 0.305 e. The predicted octanol–water partition coefficient (Wildman–Crippen LogP) is 5.17. The van der Waals surface area contributed by atoms with E-state index in [0.29, 0.717) is 21.9 Å². The number of carbonyl (C=O) groups excluding carboxylic acids is 4. The Labute approximate surface area is 291 Å². The molecule has 3 aromatic carbocycles. The Balaban J connectivity index is 1.42. The van der Waals surface area contributed by atoms with Crippen molar-refractivity contribution in [2.75, 3.05) is 19.1 Å². The van der Waals surface area contributed by atoms with Crippen molar-refractivity contribution < 1.29 is 38.9 Å². The van der Waals surface area contributed by atoms with Gasteiger partial charge in [-0.3, -0.25) is 34.3 Å². The van der Waals surface area contributed by atoms with Crippen LogP contribution in [0.1, 0.15) is 36.3 Å².